The van der Waals surface area contributed by atoms with Crippen molar-refractivity contribution in [1.82, 2.24) is 20.9 Å². The summed E-state index contributed by atoms with van der Waals surface area (Å²) in [6, 6.07) is 9.65. The minimum atomic E-state index is -1.17. The molecule has 0 radical (unpaired) electrons. The highest BCUT2D eigenvalue weighted by Gasteiger charge is 2.31. The maximum atomic E-state index is 13.7. The van der Waals surface area contributed by atoms with Crippen LogP contribution in [-0.2, 0) is 32.0 Å². The van der Waals surface area contributed by atoms with Crippen LogP contribution in [-0.4, -0.2) is 81.6 Å². The Morgan fingerprint density at radius 3 is 2.20 bits per heavy atom. The Morgan fingerprint density at radius 1 is 0.864 bits per heavy atom. The number of phenols is 1. The van der Waals surface area contributed by atoms with Gasteiger partial charge in [-0.1, -0.05) is 30.3 Å². The van der Waals surface area contributed by atoms with Gasteiger partial charge in [-0.3, -0.25) is 14.4 Å². The summed E-state index contributed by atoms with van der Waals surface area (Å²) in [6.45, 7) is 0.412. The third-order valence-corrected chi connectivity index (χ3v) is 7.91. The zero-order chi connectivity index (χ0) is 32.1. The first-order valence-electron chi connectivity index (χ1n) is 14.5. The van der Waals surface area contributed by atoms with Gasteiger partial charge in [-0.2, -0.15) is 11.8 Å². The third kappa shape index (κ3) is 10.3. The molecule has 0 aliphatic rings. The summed E-state index contributed by atoms with van der Waals surface area (Å²) < 4.78 is 0. The number of aliphatic carboxylic acids is 1. The van der Waals surface area contributed by atoms with E-state index in [1.54, 1.807) is 18.3 Å². The number of phenolic OH excluding ortho intramolecular Hbond substituents is 1. The van der Waals surface area contributed by atoms with Gasteiger partial charge < -0.3 is 42.6 Å². The summed E-state index contributed by atoms with van der Waals surface area (Å²) in [5.41, 5.74) is 14.1. The molecule has 44 heavy (non-hydrogen) atoms. The smallest absolute Gasteiger partial charge is 0.326 e. The molecular formula is C31H42N6O6S. The molecule has 0 fully saturated rings. The fraction of sp³-hybridized carbons (Fsp3) is 0.419. The number of nitrogens with two attached hydrogens (primary N) is 2. The highest BCUT2D eigenvalue weighted by molar-refractivity contribution is 7.98. The minimum absolute atomic E-state index is 0.0903. The largest absolute Gasteiger partial charge is 0.508 e. The van der Waals surface area contributed by atoms with Gasteiger partial charge in [-0.25, -0.2) is 4.79 Å². The molecule has 0 saturated carbocycles. The molecule has 1 aromatic heterocycles. The van der Waals surface area contributed by atoms with Crippen LogP contribution < -0.4 is 27.4 Å². The Kier molecular flexibility index (Phi) is 13.5. The molecule has 2 aromatic carbocycles. The van der Waals surface area contributed by atoms with E-state index in [0.29, 0.717) is 25.1 Å². The Hall–Kier alpha value is -4.07. The van der Waals surface area contributed by atoms with E-state index in [4.69, 9.17) is 11.5 Å². The van der Waals surface area contributed by atoms with Crippen molar-refractivity contribution in [1.29, 1.82) is 0 Å². The Labute approximate surface area is 260 Å². The van der Waals surface area contributed by atoms with Crippen molar-refractivity contribution in [2.75, 3.05) is 18.6 Å². The van der Waals surface area contributed by atoms with Gasteiger partial charge in [-0.15, -0.1) is 0 Å². The van der Waals surface area contributed by atoms with Crippen molar-refractivity contribution >= 4 is 46.4 Å². The van der Waals surface area contributed by atoms with Crippen LogP contribution in [0.3, 0.4) is 0 Å². The van der Waals surface area contributed by atoms with E-state index in [1.807, 2.05) is 30.5 Å². The van der Waals surface area contributed by atoms with Gasteiger partial charge in [-0.05, 0) is 80.0 Å². The van der Waals surface area contributed by atoms with Gasteiger partial charge in [0.1, 0.15) is 23.9 Å². The summed E-state index contributed by atoms with van der Waals surface area (Å²) >= 11 is 1.48. The molecule has 0 bridgehead atoms. The standard InChI is InChI=1S/C31H42N6O6S/c1-44-15-13-25(29(40)36-26(31(42)43)8-4-5-14-32)35-30(41)27(17-20-18-34-24-7-3-2-6-22(20)24)37-28(39)23(33)16-19-9-11-21(38)12-10-19/h2-3,6-7,9-12,18,23,25-27,34,38H,4-5,8,13-17,32-33H2,1H3,(H,35,41)(H,36,40)(H,37,39)(H,42,43). The molecule has 3 aromatic rings. The average molecular weight is 627 g/mol. The van der Waals surface area contributed by atoms with Crippen LogP contribution in [0.25, 0.3) is 10.9 Å². The summed E-state index contributed by atoms with van der Waals surface area (Å²) in [6.07, 6.45) is 5.52. The number of rotatable bonds is 18. The fourth-order valence-electron chi connectivity index (χ4n) is 4.79. The van der Waals surface area contributed by atoms with Crippen molar-refractivity contribution in [2.24, 2.45) is 11.5 Å². The van der Waals surface area contributed by atoms with Crippen LogP contribution in [0.5, 0.6) is 5.75 Å². The number of carboxylic acid groups (broad SMARTS) is 1. The number of aromatic nitrogens is 1. The summed E-state index contributed by atoms with van der Waals surface area (Å²) in [5.74, 6) is -2.33. The van der Waals surface area contributed by atoms with Crippen LogP contribution in [0.4, 0.5) is 0 Å². The predicted molar refractivity (Wildman–Crippen MR) is 171 cm³/mol. The lowest BCUT2D eigenvalue weighted by atomic mass is 10.0. The molecular weight excluding hydrogens is 584 g/mol. The number of aromatic amines is 1. The number of carbonyl (C=O) groups excluding carboxylic acids is 3. The highest BCUT2D eigenvalue weighted by Crippen LogP contribution is 2.20. The Balaban J connectivity index is 1.80. The number of nitrogens with one attached hydrogen (secondary N) is 4. The second kappa shape index (κ2) is 17.3. The number of aromatic hydroxyl groups is 1. The molecule has 3 amide bonds. The Bertz CT molecular complexity index is 1400. The second-order valence-corrected chi connectivity index (χ2v) is 11.6. The highest BCUT2D eigenvalue weighted by atomic mass is 32.2. The molecule has 4 unspecified atom stereocenters. The average Bonchev–Trinajstić information content (AvgIpc) is 3.41. The van der Waals surface area contributed by atoms with Gasteiger partial charge in [0.25, 0.3) is 0 Å². The fourth-order valence-corrected chi connectivity index (χ4v) is 5.26. The monoisotopic (exact) mass is 626 g/mol. The molecule has 13 heteroatoms. The van der Waals surface area contributed by atoms with Crippen LogP contribution in [0.1, 0.15) is 36.8 Å². The van der Waals surface area contributed by atoms with E-state index in [0.717, 1.165) is 22.0 Å². The van der Waals surface area contributed by atoms with Gasteiger partial charge in [0.05, 0.1) is 6.04 Å². The maximum Gasteiger partial charge on any atom is 0.326 e. The lowest BCUT2D eigenvalue weighted by molar-refractivity contribution is -0.142. The number of benzene rings is 2. The number of hydrogen-bond acceptors (Lipinski definition) is 8. The van der Waals surface area contributed by atoms with Gasteiger partial charge in [0.2, 0.25) is 17.7 Å². The summed E-state index contributed by atoms with van der Waals surface area (Å²) in [7, 11) is 0. The summed E-state index contributed by atoms with van der Waals surface area (Å²) in [4.78, 5) is 55.2. The zero-order valence-electron chi connectivity index (χ0n) is 24.8. The van der Waals surface area contributed by atoms with Crippen molar-refractivity contribution in [2.45, 2.75) is 62.7 Å². The van der Waals surface area contributed by atoms with Crippen LogP contribution in [0.15, 0.2) is 54.7 Å². The second-order valence-electron chi connectivity index (χ2n) is 10.6. The predicted octanol–water partition coefficient (Wildman–Crippen LogP) is 1.41. The first-order chi connectivity index (χ1) is 21.1. The topological polar surface area (TPSA) is 213 Å². The van der Waals surface area contributed by atoms with Gasteiger partial charge >= 0.3 is 5.97 Å². The molecule has 3 rings (SSSR count). The van der Waals surface area contributed by atoms with E-state index >= 15 is 0 Å². The van der Waals surface area contributed by atoms with Crippen molar-refractivity contribution in [3.63, 3.8) is 0 Å². The number of amides is 3. The number of hydrogen-bond donors (Lipinski definition) is 8. The number of fused-ring (bicyclic) bond motifs is 1. The minimum Gasteiger partial charge on any atom is -0.508 e. The van der Waals surface area contributed by atoms with Gasteiger partial charge in [0, 0.05) is 23.5 Å². The van der Waals surface area contributed by atoms with Crippen LogP contribution in [0.2, 0.25) is 0 Å². The van der Waals surface area contributed by atoms with Crippen molar-refractivity contribution in [3.8, 4) is 5.75 Å². The SMILES string of the molecule is CSCCC(NC(=O)C(Cc1c[nH]c2ccccc12)NC(=O)C(N)Cc1ccc(O)cc1)C(=O)NC(CCCCN)C(=O)O. The molecule has 12 nitrogen and oxygen atoms in total. The van der Waals surface area contributed by atoms with E-state index in [-0.39, 0.29) is 31.4 Å². The number of carbonyl (C=O) groups is 4. The normalized spacial score (nSPS) is 13.9. The molecule has 0 spiro atoms. The first kappa shape index (κ1) is 34.4. The lowest BCUT2D eigenvalue weighted by Gasteiger charge is -2.25. The zero-order valence-corrected chi connectivity index (χ0v) is 25.6. The third-order valence-electron chi connectivity index (χ3n) is 7.27. The van der Waals surface area contributed by atoms with Crippen molar-refractivity contribution in [3.05, 3.63) is 65.9 Å². The lowest BCUT2D eigenvalue weighted by Crippen LogP contribution is -2.57. The molecule has 10 N–H and O–H groups in total. The molecule has 0 aliphatic carbocycles. The molecule has 0 saturated heterocycles. The number of unbranched alkanes of at least 4 members (excludes halogenated alkanes) is 1. The first-order valence-corrected chi connectivity index (χ1v) is 15.9. The van der Waals surface area contributed by atoms with Gasteiger partial charge in [0.15, 0.2) is 0 Å². The summed E-state index contributed by atoms with van der Waals surface area (Å²) in [5, 5.41) is 28.1. The number of carboxylic acids is 1. The van der Waals surface area contributed by atoms with Crippen LogP contribution in [0, 0.1) is 0 Å². The maximum absolute atomic E-state index is 13.7. The Morgan fingerprint density at radius 2 is 1.52 bits per heavy atom. The van der Waals surface area contributed by atoms with E-state index in [2.05, 4.69) is 20.9 Å². The number of para-hydroxylation sites is 1. The molecule has 4 atom stereocenters. The van der Waals surface area contributed by atoms with Crippen LogP contribution >= 0.6 is 11.8 Å². The number of thioether (sulfide) groups is 1. The van der Waals surface area contributed by atoms with E-state index in [9.17, 15) is 29.4 Å². The van der Waals surface area contributed by atoms with E-state index < -0.39 is 47.9 Å². The quantitative estimate of drug-likeness (QED) is 0.0957. The van der Waals surface area contributed by atoms with Crippen molar-refractivity contribution < 1.29 is 29.4 Å². The van der Waals surface area contributed by atoms with E-state index in [1.165, 1.54) is 23.9 Å². The molecule has 1 heterocycles. The number of H-pyrrole nitrogens is 1. The molecule has 0 aliphatic heterocycles. The molecule has 238 valence electrons.